The Hall–Kier alpha value is -1.44. The van der Waals surface area contributed by atoms with Gasteiger partial charge in [-0.1, -0.05) is 30.3 Å². The lowest BCUT2D eigenvalue weighted by Crippen LogP contribution is -2.60. The van der Waals surface area contributed by atoms with Gasteiger partial charge in [0.05, 0.1) is 32.4 Å². The van der Waals surface area contributed by atoms with Crippen LogP contribution in [0.1, 0.15) is 59.1 Å². The summed E-state index contributed by atoms with van der Waals surface area (Å²) in [7, 11) is -2.04. The normalized spacial score (nSPS) is 20.8. The molecule has 9 heteroatoms. The van der Waals surface area contributed by atoms with Crippen molar-refractivity contribution < 1.29 is 27.9 Å². The molecule has 1 heterocycles. The number of nitrogens with one attached hydrogen (secondary N) is 1. The fraction of sp³-hybridized carbons (Fsp3) is 0.696. The molecule has 1 amide bonds. The smallest absolute Gasteiger partial charge is 0.410 e. The number of carbonyl (C=O) groups excluding carboxylic acids is 1. The Bertz CT molecular complexity index is 760. The average Bonchev–Trinajstić information content (AvgIpc) is 2.73. The summed E-state index contributed by atoms with van der Waals surface area (Å²) in [4.78, 5) is 14.5. The Balaban J connectivity index is 2.47. The van der Waals surface area contributed by atoms with Gasteiger partial charge in [0.15, 0.2) is 0 Å². The van der Waals surface area contributed by atoms with Crippen LogP contribution in [0.3, 0.4) is 0 Å². The van der Waals surface area contributed by atoms with E-state index in [-0.39, 0.29) is 25.8 Å². The van der Waals surface area contributed by atoms with Gasteiger partial charge in [-0.15, -0.1) is 0 Å². The minimum absolute atomic E-state index is 0.145. The van der Waals surface area contributed by atoms with Crippen LogP contribution in [0.2, 0.25) is 0 Å². The molecule has 0 unspecified atom stereocenters. The second kappa shape index (κ2) is 11.6. The number of ether oxygens (including phenoxy) is 2. The van der Waals surface area contributed by atoms with Crippen molar-refractivity contribution in [2.45, 2.75) is 64.4 Å². The monoisotopic (exact) mass is 470 g/mol. The van der Waals surface area contributed by atoms with Crippen LogP contribution in [0.4, 0.5) is 4.79 Å². The first-order valence-corrected chi connectivity index (χ1v) is 12.8. The van der Waals surface area contributed by atoms with E-state index in [1.54, 1.807) is 25.9 Å². The second-order valence-corrected chi connectivity index (χ2v) is 11.3. The molecule has 182 valence electrons. The Morgan fingerprint density at radius 3 is 2.34 bits per heavy atom. The number of methoxy groups -OCH3 is 1. The third-order valence-electron chi connectivity index (χ3n) is 5.22. The van der Waals surface area contributed by atoms with Gasteiger partial charge in [-0.05, 0) is 53.0 Å². The molecule has 0 radical (unpaired) electrons. The number of hydrogen-bond donors (Lipinski definition) is 1. The highest BCUT2D eigenvalue weighted by molar-refractivity contribution is 7.55. The van der Waals surface area contributed by atoms with Gasteiger partial charge in [0.1, 0.15) is 10.9 Å². The zero-order chi connectivity index (χ0) is 23.8. The third-order valence-corrected chi connectivity index (χ3v) is 7.96. The molecule has 0 bridgehead atoms. The van der Waals surface area contributed by atoms with E-state index < -0.39 is 24.6 Å². The molecule has 0 aliphatic carbocycles. The first-order chi connectivity index (χ1) is 15.1. The molecule has 2 rings (SSSR count). The number of benzene rings is 1. The zero-order valence-corrected chi connectivity index (χ0v) is 21.2. The number of hydrogen-bond acceptors (Lipinski definition) is 7. The summed E-state index contributed by atoms with van der Waals surface area (Å²) in [5, 5.41) is 2.45. The molecule has 1 aliphatic rings. The fourth-order valence-electron chi connectivity index (χ4n) is 3.96. The van der Waals surface area contributed by atoms with E-state index in [1.165, 1.54) is 0 Å². The van der Waals surface area contributed by atoms with Crippen molar-refractivity contribution in [2.75, 3.05) is 40.0 Å². The molecular formula is C23H39N2O6P. The van der Waals surface area contributed by atoms with Gasteiger partial charge < -0.3 is 23.4 Å². The van der Waals surface area contributed by atoms with Gasteiger partial charge in [0, 0.05) is 13.7 Å². The van der Waals surface area contributed by atoms with Crippen molar-refractivity contribution in [3.8, 4) is 0 Å². The van der Waals surface area contributed by atoms with Crippen molar-refractivity contribution in [1.29, 1.82) is 0 Å². The highest BCUT2D eigenvalue weighted by Crippen LogP contribution is 2.62. The number of carbonyl (C=O) groups is 1. The minimum atomic E-state index is -3.67. The maximum Gasteiger partial charge on any atom is 0.410 e. The summed E-state index contributed by atoms with van der Waals surface area (Å²) in [5.74, 6) is 0. The van der Waals surface area contributed by atoms with Crippen LogP contribution in [-0.4, -0.2) is 61.9 Å². The van der Waals surface area contributed by atoms with Gasteiger partial charge >= 0.3 is 13.7 Å². The van der Waals surface area contributed by atoms with Crippen LogP contribution in [0.25, 0.3) is 0 Å². The molecule has 0 spiro atoms. The molecule has 1 aliphatic heterocycles. The maximum atomic E-state index is 14.2. The highest BCUT2D eigenvalue weighted by Gasteiger charge is 2.55. The molecule has 8 nitrogen and oxygen atoms in total. The van der Waals surface area contributed by atoms with E-state index in [2.05, 4.69) is 5.32 Å². The van der Waals surface area contributed by atoms with Crippen molar-refractivity contribution >= 4 is 13.7 Å². The predicted octanol–water partition coefficient (Wildman–Crippen LogP) is 4.96. The Morgan fingerprint density at radius 1 is 1.19 bits per heavy atom. The van der Waals surface area contributed by atoms with Gasteiger partial charge in [-0.3, -0.25) is 9.88 Å². The lowest BCUT2D eigenvalue weighted by molar-refractivity contribution is 0.0124. The molecule has 1 N–H and O–H groups in total. The van der Waals surface area contributed by atoms with E-state index in [4.69, 9.17) is 18.5 Å². The molecule has 0 aromatic heterocycles. The number of amides is 1. The molecular weight excluding hydrogens is 431 g/mol. The predicted molar refractivity (Wildman–Crippen MR) is 125 cm³/mol. The molecule has 1 saturated heterocycles. The number of likely N-dealkylation sites (tertiary alicyclic amines) is 1. The Labute approximate surface area is 192 Å². The summed E-state index contributed by atoms with van der Waals surface area (Å²) < 4.78 is 36.9. The first kappa shape index (κ1) is 26.8. The van der Waals surface area contributed by atoms with Crippen LogP contribution in [0, 0.1) is 0 Å². The van der Waals surface area contributed by atoms with E-state index >= 15 is 0 Å². The van der Waals surface area contributed by atoms with Gasteiger partial charge in [0.2, 0.25) is 0 Å². The Kier molecular flexibility index (Phi) is 9.73. The largest absolute Gasteiger partial charge is 0.444 e. The summed E-state index contributed by atoms with van der Waals surface area (Å²) in [6.07, 6.45) is 0.715. The first-order valence-electron chi connectivity index (χ1n) is 11.3. The fourth-order valence-corrected chi connectivity index (χ4v) is 6.30. The summed E-state index contributed by atoms with van der Waals surface area (Å²) in [6.45, 7) is 10.5. The number of piperidine rings is 1. The van der Waals surface area contributed by atoms with Crippen LogP contribution < -0.4 is 5.32 Å². The number of rotatable bonds is 10. The topological polar surface area (TPSA) is 86.3 Å². The maximum absolute atomic E-state index is 14.2. The van der Waals surface area contributed by atoms with E-state index in [9.17, 15) is 9.36 Å². The van der Waals surface area contributed by atoms with Gasteiger partial charge in [-0.25, -0.2) is 4.79 Å². The average molecular weight is 471 g/mol. The molecule has 2 atom stereocenters. The Morgan fingerprint density at radius 2 is 1.81 bits per heavy atom. The van der Waals surface area contributed by atoms with Crippen molar-refractivity contribution in [2.24, 2.45) is 0 Å². The summed E-state index contributed by atoms with van der Waals surface area (Å²) in [6, 6.07) is 9.56. The van der Waals surface area contributed by atoms with Crippen LogP contribution in [-0.2, 0) is 23.1 Å². The van der Waals surface area contributed by atoms with E-state index in [1.807, 2.05) is 51.1 Å². The quantitative estimate of drug-likeness (QED) is 0.484. The molecule has 1 fully saturated rings. The van der Waals surface area contributed by atoms with Gasteiger partial charge in [-0.2, -0.15) is 0 Å². The molecule has 0 saturated carbocycles. The van der Waals surface area contributed by atoms with E-state index in [0.29, 0.717) is 26.0 Å². The van der Waals surface area contributed by atoms with Crippen LogP contribution in [0.15, 0.2) is 30.3 Å². The van der Waals surface area contributed by atoms with Crippen LogP contribution >= 0.6 is 7.60 Å². The summed E-state index contributed by atoms with van der Waals surface area (Å²) >= 11 is 0. The lowest BCUT2D eigenvalue weighted by atomic mass is 10.0. The SMILES string of the molecule is CCOP(=O)(OCC)[C@]1(N[C@@H](COC)c2ccccc2)CCCN(C(=O)OC(C)(C)C)C1. The van der Waals surface area contributed by atoms with Crippen molar-refractivity contribution in [3.05, 3.63) is 35.9 Å². The summed E-state index contributed by atoms with van der Waals surface area (Å²) in [5.41, 5.74) is 0.360. The third kappa shape index (κ3) is 6.78. The molecule has 1 aromatic rings. The van der Waals surface area contributed by atoms with Crippen LogP contribution in [0.5, 0.6) is 0 Å². The second-order valence-electron chi connectivity index (χ2n) is 8.93. The zero-order valence-electron chi connectivity index (χ0n) is 20.3. The lowest BCUT2D eigenvalue weighted by Gasteiger charge is -2.47. The van der Waals surface area contributed by atoms with Crippen molar-refractivity contribution in [1.82, 2.24) is 10.2 Å². The molecule has 1 aromatic carbocycles. The standard InChI is InChI=1S/C23H39N2O6P/c1-7-29-32(27,30-8-2)23(24-20(17-28-6)19-13-10-9-11-14-19)15-12-16-25(18-23)21(26)31-22(3,4)5/h9-11,13-14,20,24H,7-8,12,15-18H2,1-6H3/t20-,23+/m0/s1. The van der Waals surface area contributed by atoms with Gasteiger partial charge in [0.25, 0.3) is 0 Å². The van der Waals surface area contributed by atoms with E-state index in [0.717, 1.165) is 5.56 Å². The highest BCUT2D eigenvalue weighted by atomic mass is 31.2. The minimum Gasteiger partial charge on any atom is -0.444 e. The van der Waals surface area contributed by atoms with Crippen molar-refractivity contribution in [3.63, 3.8) is 0 Å². The molecule has 32 heavy (non-hydrogen) atoms. The number of nitrogens with zero attached hydrogens (tertiary/aromatic N) is 1.